The van der Waals surface area contributed by atoms with Crippen molar-refractivity contribution in [1.82, 2.24) is 0 Å². The number of likely N-dealkylation sites (N-methyl/N-ethyl adjacent to an activating group) is 1. The number of anilines is 1. The molecule has 2 aromatic carbocycles. The fraction of sp³-hybridized carbons (Fsp3) is 0.235. The van der Waals surface area contributed by atoms with Crippen molar-refractivity contribution in [3.05, 3.63) is 64.9 Å². The van der Waals surface area contributed by atoms with Crippen molar-refractivity contribution in [1.29, 1.82) is 0 Å². The average molecular weight is 322 g/mol. The molecule has 0 heterocycles. The fourth-order valence-electron chi connectivity index (χ4n) is 2.18. The molecule has 1 amide bonds. The third-order valence-electron chi connectivity index (χ3n) is 3.68. The van der Waals surface area contributed by atoms with E-state index >= 15 is 0 Å². The van der Waals surface area contributed by atoms with Crippen LogP contribution in [0.1, 0.15) is 18.5 Å². The van der Waals surface area contributed by atoms with Gasteiger partial charge in [0.25, 0.3) is 5.91 Å². The molecule has 0 aliphatic heterocycles. The fourth-order valence-corrected chi connectivity index (χ4v) is 2.31. The summed E-state index contributed by atoms with van der Waals surface area (Å²) >= 11 is 5.81. The van der Waals surface area contributed by atoms with Gasteiger partial charge < -0.3 is 10.2 Å². The van der Waals surface area contributed by atoms with Gasteiger partial charge in [-0.15, -0.1) is 0 Å². The van der Waals surface area contributed by atoms with E-state index in [1.54, 1.807) is 36.4 Å². The molecule has 0 aromatic heterocycles. The molecule has 0 saturated carbocycles. The molecule has 22 heavy (non-hydrogen) atoms. The van der Waals surface area contributed by atoms with E-state index in [4.69, 9.17) is 11.6 Å². The van der Waals surface area contributed by atoms with Gasteiger partial charge in [-0.3, -0.25) is 4.79 Å². The molecule has 3 nitrogen and oxygen atoms in total. The lowest BCUT2D eigenvalue weighted by molar-refractivity contribution is -0.902. The molecule has 2 atom stereocenters. The molecule has 116 valence electrons. The third-order valence-corrected chi connectivity index (χ3v) is 3.93. The van der Waals surface area contributed by atoms with Gasteiger partial charge in [0.15, 0.2) is 6.54 Å². The Morgan fingerprint density at radius 3 is 2.36 bits per heavy atom. The summed E-state index contributed by atoms with van der Waals surface area (Å²) in [4.78, 5) is 13.1. The second-order valence-corrected chi connectivity index (χ2v) is 5.79. The zero-order valence-corrected chi connectivity index (χ0v) is 13.3. The summed E-state index contributed by atoms with van der Waals surface area (Å²) in [7, 11) is 1.94. The van der Waals surface area contributed by atoms with Crippen LogP contribution in [0.25, 0.3) is 0 Å². The van der Waals surface area contributed by atoms with Crippen molar-refractivity contribution >= 4 is 23.2 Å². The number of quaternary nitrogens is 1. The van der Waals surface area contributed by atoms with Crippen LogP contribution >= 0.6 is 11.6 Å². The molecule has 2 N–H and O–H groups in total. The predicted octanol–water partition coefficient (Wildman–Crippen LogP) is 2.69. The lowest BCUT2D eigenvalue weighted by Crippen LogP contribution is -3.10. The first-order valence-corrected chi connectivity index (χ1v) is 7.46. The van der Waals surface area contributed by atoms with Gasteiger partial charge in [0.1, 0.15) is 11.9 Å². The van der Waals surface area contributed by atoms with E-state index in [1.807, 2.05) is 14.0 Å². The highest BCUT2D eigenvalue weighted by Crippen LogP contribution is 2.13. The van der Waals surface area contributed by atoms with Gasteiger partial charge in [0.2, 0.25) is 0 Å². The Morgan fingerprint density at radius 2 is 1.77 bits per heavy atom. The first-order chi connectivity index (χ1) is 10.5. The van der Waals surface area contributed by atoms with Crippen LogP contribution in [0.5, 0.6) is 0 Å². The number of nitrogens with one attached hydrogen (secondary N) is 2. The Morgan fingerprint density at radius 1 is 1.18 bits per heavy atom. The van der Waals surface area contributed by atoms with Crippen LogP contribution in [0.4, 0.5) is 10.1 Å². The van der Waals surface area contributed by atoms with E-state index in [0.717, 1.165) is 16.2 Å². The summed E-state index contributed by atoms with van der Waals surface area (Å²) in [6.45, 7) is 2.33. The Labute approximate surface area is 134 Å². The molecule has 2 rings (SSSR count). The highest BCUT2D eigenvalue weighted by atomic mass is 35.5. The van der Waals surface area contributed by atoms with Crippen LogP contribution in [-0.4, -0.2) is 19.5 Å². The SMILES string of the molecule is C[C@H](c1ccc(F)cc1)[NH+](C)CC(=O)Nc1ccc(Cl)cc1. The molecule has 0 saturated heterocycles. The molecule has 0 fully saturated rings. The average Bonchev–Trinajstić information content (AvgIpc) is 2.49. The predicted molar refractivity (Wildman–Crippen MR) is 86.7 cm³/mol. The van der Waals surface area contributed by atoms with E-state index in [1.165, 1.54) is 12.1 Å². The summed E-state index contributed by atoms with van der Waals surface area (Å²) in [5, 5.41) is 3.47. The second-order valence-electron chi connectivity index (χ2n) is 5.35. The van der Waals surface area contributed by atoms with Gasteiger partial charge in [0.05, 0.1) is 7.05 Å². The monoisotopic (exact) mass is 321 g/mol. The highest BCUT2D eigenvalue weighted by Gasteiger charge is 2.18. The van der Waals surface area contributed by atoms with E-state index in [2.05, 4.69) is 5.32 Å². The minimum absolute atomic E-state index is 0.0752. The Bertz CT molecular complexity index is 628. The summed E-state index contributed by atoms with van der Waals surface area (Å²) < 4.78 is 13.0. The second kappa shape index (κ2) is 7.38. The lowest BCUT2D eigenvalue weighted by Gasteiger charge is -2.21. The number of carbonyl (C=O) groups is 1. The number of benzene rings is 2. The molecule has 0 aliphatic rings. The summed E-state index contributed by atoms with van der Waals surface area (Å²) in [5.74, 6) is -0.331. The molecule has 0 spiro atoms. The van der Waals surface area contributed by atoms with E-state index in [9.17, 15) is 9.18 Å². The van der Waals surface area contributed by atoms with E-state index in [0.29, 0.717) is 11.6 Å². The first kappa shape index (κ1) is 16.5. The summed E-state index contributed by atoms with van der Waals surface area (Å²) in [5.41, 5.74) is 1.72. The van der Waals surface area contributed by atoms with Crippen molar-refractivity contribution in [2.24, 2.45) is 0 Å². The van der Waals surface area contributed by atoms with Crippen molar-refractivity contribution in [2.45, 2.75) is 13.0 Å². The Kier molecular flexibility index (Phi) is 5.52. The van der Waals surface area contributed by atoms with Crippen LogP contribution in [0.2, 0.25) is 5.02 Å². The largest absolute Gasteiger partial charge is 0.324 e. The van der Waals surface area contributed by atoms with Crippen molar-refractivity contribution in [2.75, 3.05) is 18.9 Å². The number of carbonyl (C=O) groups excluding carboxylic acids is 1. The molecule has 0 radical (unpaired) electrons. The molecular weight excluding hydrogens is 303 g/mol. The van der Waals surface area contributed by atoms with Gasteiger partial charge in [-0.1, -0.05) is 23.7 Å². The van der Waals surface area contributed by atoms with Gasteiger partial charge in [0, 0.05) is 16.3 Å². The molecule has 5 heteroatoms. The molecule has 2 aromatic rings. The number of rotatable bonds is 5. The maximum Gasteiger partial charge on any atom is 0.279 e. The van der Waals surface area contributed by atoms with Crippen molar-refractivity contribution in [3.63, 3.8) is 0 Å². The van der Waals surface area contributed by atoms with Crippen molar-refractivity contribution < 1.29 is 14.1 Å². The van der Waals surface area contributed by atoms with Crippen LogP contribution in [-0.2, 0) is 4.79 Å². The van der Waals surface area contributed by atoms with Gasteiger partial charge in [-0.25, -0.2) is 4.39 Å². The van der Waals surface area contributed by atoms with E-state index in [-0.39, 0.29) is 17.8 Å². The van der Waals surface area contributed by atoms with Gasteiger partial charge >= 0.3 is 0 Å². The zero-order chi connectivity index (χ0) is 16.1. The molecule has 0 bridgehead atoms. The number of amides is 1. The molecule has 0 aliphatic carbocycles. The maximum atomic E-state index is 13.0. The standard InChI is InChI=1S/C17H18ClFN2O/c1-12(13-3-7-15(19)8-4-13)21(2)11-17(22)20-16-9-5-14(18)6-10-16/h3-10,12H,11H2,1-2H3,(H,20,22)/p+1/t12-/m1/s1. The Balaban J connectivity index is 1.92. The molecule has 1 unspecified atom stereocenters. The van der Waals surface area contributed by atoms with E-state index < -0.39 is 0 Å². The normalized spacial score (nSPS) is 13.5. The van der Waals surface area contributed by atoms with Crippen LogP contribution < -0.4 is 10.2 Å². The van der Waals surface area contributed by atoms with Crippen LogP contribution in [0.15, 0.2) is 48.5 Å². The smallest absolute Gasteiger partial charge is 0.279 e. The summed E-state index contributed by atoms with van der Waals surface area (Å²) in [6.07, 6.45) is 0. The number of halogens is 2. The molecular formula is C17H19ClFN2O+. The van der Waals surface area contributed by atoms with Gasteiger partial charge in [-0.2, -0.15) is 0 Å². The minimum atomic E-state index is -0.255. The van der Waals surface area contributed by atoms with Crippen molar-refractivity contribution in [3.8, 4) is 0 Å². The number of hydrogen-bond donors (Lipinski definition) is 2. The Hall–Kier alpha value is -1.91. The highest BCUT2D eigenvalue weighted by molar-refractivity contribution is 6.30. The zero-order valence-electron chi connectivity index (χ0n) is 12.6. The first-order valence-electron chi connectivity index (χ1n) is 7.09. The van der Waals surface area contributed by atoms with Crippen LogP contribution in [0.3, 0.4) is 0 Å². The number of hydrogen-bond acceptors (Lipinski definition) is 1. The lowest BCUT2D eigenvalue weighted by atomic mass is 10.1. The topological polar surface area (TPSA) is 33.5 Å². The summed E-state index contributed by atoms with van der Waals surface area (Å²) in [6, 6.07) is 13.5. The third kappa shape index (κ3) is 4.55. The quantitative estimate of drug-likeness (QED) is 0.872. The maximum absolute atomic E-state index is 13.0. The van der Waals surface area contributed by atoms with Crippen LogP contribution in [0, 0.1) is 5.82 Å². The minimum Gasteiger partial charge on any atom is -0.324 e. The van der Waals surface area contributed by atoms with Gasteiger partial charge in [-0.05, 0) is 43.3 Å².